The van der Waals surface area contributed by atoms with Crippen molar-refractivity contribution >= 4 is 23.6 Å². The number of amides is 2. The summed E-state index contributed by atoms with van der Waals surface area (Å²) < 4.78 is 11.0. The normalized spacial score (nSPS) is 12.5. The summed E-state index contributed by atoms with van der Waals surface area (Å²) >= 11 is 0. The van der Waals surface area contributed by atoms with Crippen molar-refractivity contribution in [3.05, 3.63) is 60.7 Å². The van der Waals surface area contributed by atoms with Gasteiger partial charge in [-0.25, -0.2) is 9.59 Å². The molecule has 2 unspecified atom stereocenters. The molecule has 2 amide bonds. The molecule has 0 N–H and O–H groups in total. The van der Waals surface area contributed by atoms with Gasteiger partial charge in [0.1, 0.15) is 12.2 Å². The van der Waals surface area contributed by atoms with Crippen LogP contribution in [0.4, 0.5) is 21.0 Å². The Bertz CT molecular complexity index is 715. The molecule has 0 radical (unpaired) electrons. The maximum atomic E-state index is 12.2. The Hall–Kier alpha value is -3.02. The number of ether oxygens (including phenoxy) is 2. The average molecular weight is 413 g/mol. The van der Waals surface area contributed by atoms with Crippen molar-refractivity contribution in [3.63, 3.8) is 0 Å². The van der Waals surface area contributed by atoms with E-state index in [-0.39, 0.29) is 24.4 Å². The highest BCUT2D eigenvalue weighted by Gasteiger charge is 2.17. The van der Waals surface area contributed by atoms with Crippen LogP contribution in [0, 0.1) is 0 Å². The SMILES string of the molecule is CC(CCCCC(C)OC(=O)N(C)c1ccccc1)OC(=O)N(C)c1ccccc1. The molecule has 6 nitrogen and oxygen atoms in total. The van der Waals surface area contributed by atoms with Gasteiger partial charge in [-0.15, -0.1) is 0 Å². The van der Waals surface area contributed by atoms with E-state index in [2.05, 4.69) is 0 Å². The van der Waals surface area contributed by atoms with E-state index in [4.69, 9.17) is 9.47 Å². The van der Waals surface area contributed by atoms with Crippen molar-refractivity contribution in [1.29, 1.82) is 0 Å². The molecule has 0 spiro atoms. The van der Waals surface area contributed by atoms with Crippen molar-refractivity contribution in [2.24, 2.45) is 0 Å². The molecule has 0 aliphatic rings. The lowest BCUT2D eigenvalue weighted by Crippen LogP contribution is -2.30. The summed E-state index contributed by atoms with van der Waals surface area (Å²) in [6, 6.07) is 18.8. The predicted octanol–water partition coefficient (Wildman–Crippen LogP) is 5.87. The zero-order valence-corrected chi connectivity index (χ0v) is 18.3. The lowest BCUT2D eigenvalue weighted by atomic mass is 10.1. The number of rotatable bonds is 9. The second-order valence-corrected chi connectivity index (χ2v) is 7.46. The molecule has 30 heavy (non-hydrogen) atoms. The quantitative estimate of drug-likeness (QED) is 0.483. The molecule has 0 saturated heterocycles. The van der Waals surface area contributed by atoms with Gasteiger partial charge in [0, 0.05) is 25.5 Å². The predicted molar refractivity (Wildman–Crippen MR) is 120 cm³/mol. The number of anilines is 2. The van der Waals surface area contributed by atoms with E-state index < -0.39 is 0 Å². The Balaban J connectivity index is 1.64. The lowest BCUT2D eigenvalue weighted by molar-refractivity contribution is 0.0994. The Morgan fingerprint density at radius 3 is 1.37 bits per heavy atom. The van der Waals surface area contributed by atoms with Crippen molar-refractivity contribution in [1.82, 2.24) is 0 Å². The molecule has 2 aromatic rings. The third-order valence-corrected chi connectivity index (χ3v) is 4.91. The topological polar surface area (TPSA) is 59.1 Å². The molecule has 0 heterocycles. The molecule has 2 atom stereocenters. The van der Waals surface area contributed by atoms with E-state index in [0.717, 1.165) is 37.1 Å². The van der Waals surface area contributed by atoms with Crippen molar-refractivity contribution < 1.29 is 19.1 Å². The second-order valence-electron chi connectivity index (χ2n) is 7.46. The summed E-state index contributed by atoms with van der Waals surface area (Å²) in [5, 5.41) is 0. The van der Waals surface area contributed by atoms with Crippen LogP contribution in [0.1, 0.15) is 39.5 Å². The fourth-order valence-corrected chi connectivity index (χ4v) is 3.00. The van der Waals surface area contributed by atoms with Crippen LogP contribution in [0.3, 0.4) is 0 Å². The van der Waals surface area contributed by atoms with Gasteiger partial charge in [-0.3, -0.25) is 9.80 Å². The Kier molecular flexibility index (Phi) is 9.19. The van der Waals surface area contributed by atoms with E-state index in [1.165, 1.54) is 9.80 Å². The number of carbonyl (C=O) groups is 2. The fourth-order valence-electron chi connectivity index (χ4n) is 3.00. The van der Waals surface area contributed by atoms with Crippen LogP contribution in [0.15, 0.2) is 60.7 Å². The van der Waals surface area contributed by atoms with E-state index in [1.54, 1.807) is 14.1 Å². The minimum absolute atomic E-state index is 0.175. The van der Waals surface area contributed by atoms with Crippen LogP contribution in [-0.2, 0) is 9.47 Å². The molecular formula is C24H32N2O4. The number of hydrogen-bond acceptors (Lipinski definition) is 4. The molecule has 0 aliphatic heterocycles. The number of carbonyl (C=O) groups excluding carboxylic acids is 2. The summed E-state index contributed by atoms with van der Waals surface area (Å²) in [4.78, 5) is 27.5. The molecule has 162 valence electrons. The first-order valence-corrected chi connectivity index (χ1v) is 10.4. The van der Waals surface area contributed by atoms with Crippen molar-refractivity contribution in [2.75, 3.05) is 23.9 Å². The highest BCUT2D eigenvalue weighted by molar-refractivity contribution is 5.87. The highest BCUT2D eigenvalue weighted by atomic mass is 16.6. The maximum absolute atomic E-state index is 12.2. The molecule has 0 aromatic heterocycles. The minimum atomic E-state index is -0.361. The van der Waals surface area contributed by atoms with E-state index in [9.17, 15) is 9.59 Å². The Morgan fingerprint density at radius 1 is 0.700 bits per heavy atom. The second kappa shape index (κ2) is 11.9. The first-order chi connectivity index (χ1) is 14.4. The minimum Gasteiger partial charge on any atom is -0.446 e. The van der Waals surface area contributed by atoms with Gasteiger partial charge in [-0.2, -0.15) is 0 Å². The first kappa shape index (κ1) is 23.3. The maximum Gasteiger partial charge on any atom is 0.414 e. The van der Waals surface area contributed by atoms with Crippen LogP contribution in [0.25, 0.3) is 0 Å². The van der Waals surface area contributed by atoms with Crippen LogP contribution in [0.2, 0.25) is 0 Å². The third-order valence-electron chi connectivity index (χ3n) is 4.91. The van der Waals surface area contributed by atoms with E-state index in [1.807, 2.05) is 74.5 Å². The molecule has 0 bridgehead atoms. The van der Waals surface area contributed by atoms with Gasteiger partial charge in [0.2, 0.25) is 0 Å². The number of unbranched alkanes of at least 4 members (excludes halogenated alkanes) is 1. The zero-order chi connectivity index (χ0) is 21.9. The third kappa shape index (κ3) is 7.43. The molecule has 0 saturated carbocycles. The van der Waals surface area contributed by atoms with Gasteiger partial charge < -0.3 is 9.47 Å². The molecule has 0 fully saturated rings. The highest BCUT2D eigenvalue weighted by Crippen LogP contribution is 2.17. The number of hydrogen-bond donors (Lipinski definition) is 0. The molecule has 2 rings (SSSR count). The fraction of sp³-hybridized carbons (Fsp3) is 0.417. The van der Waals surface area contributed by atoms with Crippen LogP contribution >= 0.6 is 0 Å². The number of benzene rings is 2. The summed E-state index contributed by atoms with van der Waals surface area (Å²) in [6.45, 7) is 3.80. The van der Waals surface area contributed by atoms with Gasteiger partial charge >= 0.3 is 12.2 Å². The number of para-hydroxylation sites is 2. The lowest BCUT2D eigenvalue weighted by Gasteiger charge is -2.21. The monoisotopic (exact) mass is 412 g/mol. The van der Waals surface area contributed by atoms with E-state index in [0.29, 0.717) is 0 Å². The Labute approximate surface area is 179 Å². The zero-order valence-electron chi connectivity index (χ0n) is 18.3. The summed E-state index contributed by atoms with van der Waals surface area (Å²) in [5.74, 6) is 0. The Morgan fingerprint density at radius 2 is 1.03 bits per heavy atom. The summed E-state index contributed by atoms with van der Waals surface area (Å²) in [6.07, 6.45) is 2.23. The summed E-state index contributed by atoms with van der Waals surface area (Å²) in [7, 11) is 3.40. The smallest absolute Gasteiger partial charge is 0.414 e. The standard InChI is InChI=1S/C24H32N2O4/c1-19(29-23(27)25(3)21-15-7-5-8-16-21)13-11-12-14-20(2)30-24(28)26(4)22-17-9-6-10-18-22/h5-10,15-20H,11-14H2,1-4H3. The van der Waals surface area contributed by atoms with Gasteiger partial charge in [0.15, 0.2) is 0 Å². The van der Waals surface area contributed by atoms with Gasteiger partial charge in [-0.05, 0) is 63.8 Å². The van der Waals surface area contributed by atoms with Gasteiger partial charge in [-0.1, -0.05) is 36.4 Å². The molecule has 0 aliphatic carbocycles. The van der Waals surface area contributed by atoms with Gasteiger partial charge in [0.25, 0.3) is 0 Å². The summed E-state index contributed by atoms with van der Waals surface area (Å²) in [5.41, 5.74) is 1.59. The van der Waals surface area contributed by atoms with Crippen LogP contribution in [0.5, 0.6) is 0 Å². The first-order valence-electron chi connectivity index (χ1n) is 10.4. The molecule has 6 heteroatoms. The van der Waals surface area contributed by atoms with Crippen LogP contribution < -0.4 is 9.80 Å². The number of nitrogens with zero attached hydrogens (tertiary/aromatic N) is 2. The molecular weight excluding hydrogens is 380 g/mol. The van der Waals surface area contributed by atoms with E-state index >= 15 is 0 Å². The molecule has 2 aromatic carbocycles. The van der Waals surface area contributed by atoms with Gasteiger partial charge in [0.05, 0.1) is 0 Å². The van der Waals surface area contributed by atoms with Crippen LogP contribution in [-0.4, -0.2) is 38.5 Å². The van der Waals surface area contributed by atoms with Crippen molar-refractivity contribution in [2.45, 2.75) is 51.7 Å². The average Bonchev–Trinajstić information content (AvgIpc) is 2.76. The largest absolute Gasteiger partial charge is 0.446 e. The van der Waals surface area contributed by atoms with Crippen molar-refractivity contribution in [3.8, 4) is 0 Å².